The van der Waals surface area contributed by atoms with E-state index in [0.717, 1.165) is 25.9 Å². The van der Waals surface area contributed by atoms with Gasteiger partial charge in [0.2, 0.25) is 0 Å². The van der Waals surface area contributed by atoms with Crippen LogP contribution in [-0.4, -0.2) is 46.1 Å². The predicted molar refractivity (Wildman–Crippen MR) is 70.2 cm³/mol. The number of oxime groups is 1. The number of thioether (sulfide) groups is 1. The van der Waals surface area contributed by atoms with Crippen LogP contribution in [0.2, 0.25) is 0 Å². The van der Waals surface area contributed by atoms with Gasteiger partial charge in [0.05, 0.1) is 4.75 Å². The van der Waals surface area contributed by atoms with E-state index in [1.54, 1.807) is 11.8 Å². The lowest BCUT2D eigenvalue weighted by atomic mass is 9.93. The van der Waals surface area contributed by atoms with E-state index in [9.17, 15) is 0 Å². The molecule has 94 valence electrons. The summed E-state index contributed by atoms with van der Waals surface area (Å²) in [6.45, 7) is 6.54. The first-order valence-corrected chi connectivity index (χ1v) is 7.09. The maximum Gasteiger partial charge on any atom is 0.155 e. The molecule has 1 rings (SSSR count). The standard InChI is InChI=1S/C11H23N3OS/c1-4-9(2)14-7-5-11(16-3,6-8-14)10(12)13-15/h9,15H,4-8H2,1-3H3,(H2,12,13). The van der Waals surface area contributed by atoms with Crippen molar-refractivity contribution in [1.29, 1.82) is 0 Å². The Bertz CT molecular complexity index is 250. The molecule has 5 heteroatoms. The van der Waals surface area contributed by atoms with Crippen molar-refractivity contribution < 1.29 is 5.21 Å². The van der Waals surface area contributed by atoms with Gasteiger partial charge in [-0.05, 0) is 32.4 Å². The lowest BCUT2D eigenvalue weighted by molar-refractivity contribution is 0.162. The first-order valence-electron chi connectivity index (χ1n) is 5.87. The number of piperidine rings is 1. The minimum Gasteiger partial charge on any atom is -0.409 e. The van der Waals surface area contributed by atoms with E-state index >= 15 is 0 Å². The maximum absolute atomic E-state index is 8.84. The van der Waals surface area contributed by atoms with Gasteiger partial charge < -0.3 is 15.8 Å². The number of amidine groups is 1. The quantitative estimate of drug-likeness (QED) is 0.343. The molecule has 1 atom stereocenters. The van der Waals surface area contributed by atoms with Crippen LogP contribution in [0.5, 0.6) is 0 Å². The van der Waals surface area contributed by atoms with Crippen LogP contribution >= 0.6 is 11.8 Å². The highest BCUT2D eigenvalue weighted by Crippen LogP contribution is 2.35. The Morgan fingerprint density at radius 3 is 2.50 bits per heavy atom. The number of nitrogens with two attached hydrogens (primary N) is 1. The monoisotopic (exact) mass is 245 g/mol. The molecule has 1 fully saturated rings. The Balaban J connectivity index is 2.64. The van der Waals surface area contributed by atoms with E-state index in [1.807, 2.05) is 6.26 Å². The van der Waals surface area contributed by atoms with Crippen LogP contribution in [0.4, 0.5) is 0 Å². The molecule has 0 spiro atoms. The second-order valence-corrected chi connectivity index (χ2v) is 5.67. The Hall–Kier alpha value is -0.420. The number of nitrogens with zero attached hydrogens (tertiary/aromatic N) is 2. The van der Waals surface area contributed by atoms with Gasteiger partial charge in [0.15, 0.2) is 5.84 Å². The molecule has 0 aromatic carbocycles. The van der Waals surface area contributed by atoms with Crippen molar-refractivity contribution in [2.24, 2.45) is 10.9 Å². The zero-order valence-electron chi connectivity index (χ0n) is 10.4. The third-order valence-electron chi connectivity index (χ3n) is 3.79. The average molecular weight is 245 g/mol. The molecule has 4 nitrogen and oxygen atoms in total. The van der Waals surface area contributed by atoms with Crippen molar-refractivity contribution in [3.8, 4) is 0 Å². The van der Waals surface area contributed by atoms with Crippen molar-refractivity contribution in [3.05, 3.63) is 0 Å². The zero-order chi connectivity index (χ0) is 12.2. The normalized spacial score (nSPS) is 24.3. The Labute approximate surface area is 102 Å². The lowest BCUT2D eigenvalue weighted by Crippen LogP contribution is -2.51. The van der Waals surface area contributed by atoms with Crippen molar-refractivity contribution in [1.82, 2.24) is 4.90 Å². The van der Waals surface area contributed by atoms with Gasteiger partial charge in [-0.2, -0.15) is 11.8 Å². The van der Waals surface area contributed by atoms with E-state index in [1.165, 1.54) is 6.42 Å². The molecular weight excluding hydrogens is 222 g/mol. The van der Waals surface area contributed by atoms with Crippen LogP contribution in [0.3, 0.4) is 0 Å². The maximum atomic E-state index is 8.84. The van der Waals surface area contributed by atoms with Gasteiger partial charge in [-0.1, -0.05) is 12.1 Å². The van der Waals surface area contributed by atoms with Gasteiger partial charge in [0.25, 0.3) is 0 Å². The van der Waals surface area contributed by atoms with E-state index in [2.05, 4.69) is 23.9 Å². The predicted octanol–water partition coefficient (Wildman–Crippen LogP) is 1.73. The summed E-state index contributed by atoms with van der Waals surface area (Å²) in [4.78, 5) is 2.49. The molecule has 1 heterocycles. The molecule has 1 aliphatic rings. The average Bonchev–Trinajstić information content (AvgIpc) is 2.36. The number of hydrogen-bond acceptors (Lipinski definition) is 4. The fraction of sp³-hybridized carbons (Fsp3) is 0.909. The molecule has 0 radical (unpaired) electrons. The van der Waals surface area contributed by atoms with E-state index in [-0.39, 0.29) is 4.75 Å². The summed E-state index contributed by atoms with van der Waals surface area (Å²) in [5.41, 5.74) is 5.81. The number of hydrogen-bond donors (Lipinski definition) is 2. The molecule has 16 heavy (non-hydrogen) atoms. The highest BCUT2D eigenvalue weighted by Gasteiger charge is 2.38. The molecule has 0 aromatic rings. The lowest BCUT2D eigenvalue weighted by Gasteiger charge is -2.41. The van der Waals surface area contributed by atoms with E-state index < -0.39 is 0 Å². The van der Waals surface area contributed by atoms with Gasteiger partial charge in [0, 0.05) is 19.1 Å². The van der Waals surface area contributed by atoms with Gasteiger partial charge in [-0.3, -0.25) is 0 Å². The van der Waals surface area contributed by atoms with Crippen LogP contribution in [0, 0.1) is 0 Å². The van der Waals surface area contributed by atoms with Crippen LogP contribution < -0.4 is 5.73 Å². The molecule has 0 aliphatic carbocycles. The molecule has 1 unspecified atom stereocenters. The fourth-order valence-electron chi connectivity index (χ4n) is 2.24. The highest BCUT2D eigenvalue weighted by atomic mass is 32.2. The minimum atomic E-state index is -0.154. The zero-order valence-corrected chi connectivity index (χ0v) is 11.3. The number of rotatable bonds is 4. The Morgan fingerprint density at radius 1 is 1.56 bits per heavy atom. The minimum absolute atomic E-state index is 0.154. The fourth-order valence-corrected chi connectivity index (χ4v) is 3.08. The molecule has 1 aliphatic heterocycles. The summed E-state index contributed by atoms with van der Waals surface area (Å²) in [5.74, 6) is 0.379. The van der Waals surface area contributed by atoms with Crippen LogP contribution in [-0.2, 0) is 0 Å². The van der Waals surface area contributed by atoms with E-state index in [0.29, 0.717) is 11.9 Å². The molecule has 1 saturated heterocycles. The number of likely N-dealkylation sites (tertiary alicyclic amines) is 1. The summed E-state index contributed by atoms with van der Waals surface area (Å²) in [6, 6.07) is 0.632. The SMILES string of the molecule is CCC(C)N1CCC(SC)(C(N)=NO)CC1. The third-order valence-corrected chi connectivity index (χ3v) is 5.18. The Morgan fingerprint density at radius 2 is 2.12 bits per heavy atom. The van der Waals surface area contributed by atoms with Gasteiger partial charge >= 0.3 is 0 Å². The van der Waals surface area contributed by atoms with Crippen molar-refractivity contribution >= 4 is 17.6 Å². The topological polar surface area (TPSA) is 61.8 Å². The molecule has 3 N–H and O–H groups in total. The van der Waals surface area contributed by atoms with Crippen LogP contribution in [0.15, 0.2) is 5.16 Å². The summed E-state index contributed by atoms with van der Waals surface area (Å²) >= 11 is 1.70. The van der Waals surface area contributed by atoms with Gasteiger partial charge in [-0.15, -0.1) is 0 Å². The summed E-state index contributed by atoms with van der Waals surface area (Å²) in [5, 5.41) is 12.0. The van der Waals surface area contributed by atoms with Crippen LogP contribution in [0.25, 0.3) is 0 Å². The van der Waals surface area contributed by atoms with Crippen molar-refractivity contribution in [2.45, 2.75) is 43.9 Å². The second-order valence-electron chi connectivity index (χ2n) is 4.48. The van der Waals surface area contributed by atoms with E-state index in [4.69, 9.17) is 10.9 Å². The van der Waals surface area contributed by atoms with Crippen LogP contribution in [0.1, 0.15) is 33.1 Å². The Kier molecular flexibility index (Phi) is 4.92. The molecular formula is C11H23N3OS. The molecule has 0 aromatic heterocycles. The van der Waals surface area contributed by atoms with Crippen molar-refractivity contribution in [3.63, 3.8) is 0 Å². The first-order chi connectivity index (χ1) is 7.59. The molecule has 0 bridgehead atoms. The van der Waals surface area contributed by atoms with Gasteiger partial charge in [0.1, 0.15) is 0 Å². The summed E-state index contributed by atoms with van der Waals surface area (Å²) in [6.07, 6.45) is 5.15. The molecule has 0 amide bonds. The summed E-state index contributed by atoms with van der Waals surface area (Å²) in [7, 11) is 0. The smallest absolute Gasteiger partial charge is 0.155 e. The largest absolute Gasteiger partial charge is 0.409 e. The first kappa shape index (κ1) is 13.6. The highest BCUT2D eigenvalue weighted by molar-refractivity contribution is 8.00. The summed E-state index contributed by atoms with van der Waals surface area (Å²) < 4.78 is -0.154. The molecule has 0 saturated carbocycles. The second kappa shape index (κ2) is 5.77. The van der Waals surface area contributed by atoms with Crippen molar-refractivity contribution in [2.75, 3.05) is 19.3 Å². The third kappa shape index (κ3) is 2.63. The van der Waals surface area contributed by atoms with Gasteiger partial charge in [-0.25, -0.2) is 0 Å².